The van der Waals surface area contributed by atoms with E-state index < -0.39 is 0 Å². The van der Waals surface area contributed by atoms with Crippen molar-refractivity contribution in [3.63, 3.8) is 0 Å². The van der Waals surface area contributed by atoms with Crippen LogP contribution in [0, 0.1) is 6.92 Å². The lowest BCUT2D eigenvalue weighted by molar-refractivity contribution is 0.173. The fourth-order valence-electron chi connectivity index (χ4n) is 1.62. The van der Waals surface area contributed by atoms with E-state index in [1.54, 1.807) is 0 Å². The third-order valence-electron chi connectivity index (χ3n) is 2.52. The van der Waals surface area contributed by atoms with Crippen molar-refractivity contribution in [3.8, 4) is 11.5 Å². The van der Waals surface area contributed by atoms with E-state index in [9.17, 15) is 0 Å². The number of benzene rings is 1. The summed E-state index contributed by atoms with van der Waals surface area (Å²) in [4.78, 5) is 0. The summed E-state index contributed by atoms with van der Waals surface area (Å²) in [5.74, 6) is 1.79. The van der Waals surface area contributed by atoms with Gasteiger partial charge < -0.3 is 9.47 Å². The highest BCUT2D eigenvalue weighted by Gasteiger charge is 2.21. The minimum Gasteiger partial charge on any atom is -0.454 e. The summed E-state index contributed by atoms with van der Waals surface area (Å²) in [5, 5.41) is 0. The number of rotatable bonds is 0. The van der Waals surface area contributed by atoms with Gasteiger partial charge in [0.2, 0.25) is 6.79 Å². The van der Waals surface area contributed by atoms with Crippen molar-refractivity contribution in [3.05, 3.63) is 23.3 Å². The third-order valence-corrected chi connectivity index (χ3v) is 2.52. The Bertz CT molecular complexity index is 361. The van der Waals surface area contributed by atoms with Crippen molar-refractivity contribution < 1.29 is 9.47 Å². The van der Waals surface area contributed by atoms with Crippen LogP contribution in [0.15, 0.2) is 12.1 Å². The molecule has 0 amide bonds. The van der Waals surface area contributed by atoms with E-state index in [4.69, 9.17) is 9.47 Å². The molecule has 1 aliphatic heterocycles. The summed E-state index contributed by atoms with van der Waals surface area (Å²) < 4.78 is 10.8. The van der Waals surface area contributed by atoms with Crippen LogP contribution in [0.25, 0.3) is 0 Å². The molecule has 0 saturated heterocycles. The first kappa shape index (κ1) is 9.38. The lowest BCUT2D eigenvalue weighted by Gasteiger charge is -2.20. The molecule has 2 heteroatoms. The summed E-state index contributed by atoms with van der Waals surface area (Å²) >= 11 is 0. The molecule has 0 fully saturated rings. The molecule has 0 aliphatic carbocycles. The monoisotopic (exact) mass is 192 g/mol. The molecule has 14 heavy (non-hydrogen) atoms. The Morgan fingerprint density at radius 1 is 1.14 bits per heavy atom. The van der Waals surface area contributed by atoms with Crippen molar-refractivity contribution >= 4 is 0 Å². The van der Waals surface area contributed by atoms with Crippen molar-refractivity contribution in [2.45, 2.75) is 33.1 Å². The Kier molecular flexibility index (Phi) is 1.95. The maximum atomic E-state index is 5.39. The molecule has 1 aliphatic rings. The van der Waals surface area contributed by atoms with Crippen LogP contribution >= 0.6 is 0 Å². The highest BCUT2D eigenvalue weighted by atomic mass is 16.7. The van der Waals surface area contributed by atoms with Crippen LogP contribution in [0.3, 0.4) is 0 Å². The zero-order chi connectivity index (χ0) is 10.3. The summed E-state index contributed by atoms with van der Waals surface area (Å²) in [6.07, 6.45) is 0. The first-order valence-electron chi connectivity index (χ1n) is 4.89. The Balaban J connectivity index is 2.52. The van der Waals surface area contributed by atoms with E-state index in [1.165, 1.54) is 5.56 Å². The van der Waals surface area contributed by atoms with E-state index in [1.807, 2.05) is 0 Å². The van der Waals surface area contributed by atoms with Gasteiger partial charge >= 0.3 is 0 Å². The molecule has 0 atom stereocenters. The van der Waals surface area contributed by atoms with Gasteiger partial charge in [-0.1, -0.05) is 26.8 Å². The normalized spacial score (nSPS) is 14.6. The topological polar surface area (TPSA) is 18.5 Å². The van der Waals surface area contributed by atoms with Gasteiger partial charge in [-0.25, -0.2) is 0 Å². The number of ether oxygens (including phenoxy) is 2. The molecule has 0 bridgehead atoms. The molecule has 2 nitrogen and oxygen atoms in total. The maximum absolute atomic E-state index is 5.39. The van der Waals surface area contributed by atoms with E-state index in [-0.39, 0.29) is 5.41 Å². The number of hydrogen-bond acceptors (Lipinski definition) is 2. The standard InChI is InChI=1S/C12H16O2/c1-8-5-9(12(2,3)4)6-10-11(8)14-7-13-10/h5-6H,7H2,1-4H3. The molecule has 76 valence electrons. The predicted octanol–water partition coefficient (Wildman–Crippen LogP) is 3.02. The van der Waals surface area contributed by atoms with Crippen LogP contribution in [0.5, 0.6) is 11.5 Å². The van der Waals surface area contributed by atoms with Crippen molar-refractivity contribution in [1.29, 1.82) is 0 Å². The molecular weight excluding hydrogens is 176 g/mol. The number of aryl methyl sites for hydroxylation is 1. The van der Waals surface area contributed by atoms with E-state index in [0.29, 0.717) is 6.79 Å². The van der Waals surface area contributed by atoms with E-state index in [2.05, 4.69) is 39.8 Å². The molecule has 0 saturated carbocycles. The number of fused-ring (bicyclic) bond motifs is 1. The first-order chi connectivity index (χ1) is 6.48. The van der Waals surface area contributed by atoms with Gasteiger partial charge in [-0.05, 0) is 29.5 Å². The zero-order valence-corrected chi connectivity index (χ0v) is 9.18. The molecule has 0 N–H and O–H groups in total. The molecule has 0 aromatic heterocycles. The van der Waals surface area contributed by atoms with Crippen LogP contribution in [-0.2, 0) is 5.41 Å². The average Bonchev–Trinajstić information content (AvgIpc) is 2.50. The van der Waals surface area contributed by atoms with Crippen LogP contribution in [0.2, 0.25) is 0 Å². The average molecular weight is 192 g/mol. The summed E-state index contributed by atoms with van der Waals surface area (Å²) in [7, 11) is 0. The SMILES string of the molecule is Cc1cc(C(C)(C)C)cc2c1OCO2. The predicted molar refractivity (Wildman–Crippen MR) is 56.0 cm³/mol. The molecule has 0 spiro atoms. The van der Waals surface area contributed by atoms with Gasteiger partial charge in [-0.2, -0.15) is 0 Å². The minimum absolute atomic E-state index is 0.158. The van der Waals surface area contributed by atoms with Crippen LogP contribution < -0.4 is 9.47 Å². The lowest BCUT2D eigenvalue weighted by Crippen LogP contribution is -2.11. The van der Waals surface area contributed by atoms with E-state index in [0.717, 1.165) is 17.1 Å². The molecule has 1 aromatic rings. The van der Waals surface area contributed by atoms with Gasteiger partial charge in [0, 0.05) is 0 Å². The van der Waals surface area contributed by atoms with Crippen LogP contribution in [0.4, 0.5) is 0 Å². The van der Waals surface area contributed by atoms with E-state index >= 15 is 0 Å². The van der Waals surface area contributed by atoms with Gasteiger partial charge in [-0.3, -0.25) is 0 Å². The molecule has 2 rings (SSSR count). The van der Waals surface area contributed by atoms with Crippen LogP contribution in [0.1, 0.15) is 31.9 Å². The Hall–Kier alpha value is -1.18. The first-order valence-corrected chi connectivity index (χ1v) is 4.89. The largest absolute Gasteiger partial charge is 0.454 e. The molecular formula is C12H16O2. The van der Waals surface area contributed by atoms with Crippen molar-refractivity contribution in [2.24, 2.45) is 0 Å². The molecule has 1 aromatic carbocycles. The third kappa shape index (κ3) is 1.45. The van der Waals surface area contributed by atoms with Crippen molar-refractivity contribution in [2.75, 3.05) is 6.79 Å². The smallest absolute Gasteiger partial charge is 0.231 e. The van der Waals surface area contributed by atoms with Gasteiger partial charge in [-0.15, -0.1) is 0 Å². The summed E-state index contributed by atoms with van der Waals surface area (Å²) in [6.45, 7) is 9.00. The van der Waals surface area contributed by atoms with Gasteiger partial charge in [0.05, 0.1) is 0 Å². The van der Waals surface area contributed by atoms with Crippen molar-refractivity contribution in [1.82, 2.24) is 0 Å². The highest BCUT2D eigenvalue weighted by molar-refractivity contribution is 5.51. The van der Waals surface area contributed by atoms with Crippen LogP contribution in [-0.4, -0.2) is 6.79 Å². The lowest BCUT2D eigenvalue weighted by atomic mass is 9.86. The fraction of sp³-hybridized carbons (Fsp3) is 0.500. The molecule has 0 unspecified atom stereocenters. The van der Waals surface area contributed by atoms with Gasteiger partial charge in [0.1, 0.15) is 0 Å². The molecule has 0 radical (unpaired) electrons. The Labute approximate surface area is 84.8 Å². The molecule has 1 heterocycles. The van der Waals surface area contributed by atoms with Gasteiger partial charge in [0.25, 0.3) is 0 Å². The Morgan fingerprint density at radius 2 is 1.86 bits per heavy atom. The Morgan fingerprint density at radius 3 is 2.50 bits per heavy atom. The second kappa shape index (κ2) is 2.91. The zero-order valence-electron chi connectivity index (χ0n) is 9.18. The second-order valence-electron chi connectivity index (χ2n) is 4.78. The second-order valence-corrected chi connectivity index (χ2v) is 4.78. The minimum atomic E-state index is 0.158. The number of hydrogen-bond donors (Lipinski definition) is 0. The highest BCUT2D eigenvalue weighted by Crippen LogP contribution is 2.39. The summed E-state index contributed by atoms with van der Waals surface area (Å²) in [5.41, 5.74) is 2.61. The van der Waals surface area contributed by atoms with Gasteiger partial charge in [0.15, 0.2) is 11.5 Å². The quantitative estimate of drug-likeness (QED) is 0.629. The fourth-order valence-corrected chi connectivity index (χ4v) is 1.62. The maximum Gasteiger partial charge on any atom is 0.231 e. The summed E-state index contributed by atoms with van der Waals surface area (Å²) in [6, 6.07) is 4.25.